The van der Waals surface area contributed by atoms with Crippen LogP contribution in [0.3, 0.4) is 0 Å². The van der Waals surface area contributed by atoms with E-state index in [1.54, 1.807) is 4.90 Å². The number of H-pyrrole nitrogens is 1. The number of nitrogens with zero attached hydrogens (tertiary/aromatic N) is 2. The fourth-order valence-electron chi connectivity index (χ4n) is 4.11. The Balaban J connectivity index is 1.47. The molecule has 4 rings (SSSR count). The second kappa shape index (κ2) is 6.68. The highest BCUT2D eigenvalue weighted by molar-refractivity contribution is 5.99. The highest BCUT2D eigenvalue weighted by Crippen LogP contribution is 2.27. The van der Waals surface area contributed by atoms with Gasteiger partial charge in [0.05, 0.1) is 25.4 Å². The number of carbonyl (C=O) groups excluding carboxylic acids is 1. The zero-order chi connectivity index (χ0) is 18.3. The number of amides is 1. The third kappa shape index (κ3) is 3.24. The van der Waals surface area contributed by atoms with Crippen molar-refractivity contribution in [3.63, 3.8) is 0 Å². The van der Waals surface area contributed by atoms with Crippen molar-refractivity contribution < 1.29 is 14.6 Å². The lowest BCUT2D eigenvalue weighted by atomic mass is 10.0. The molecule has 2 aliphatic rings. The van der Waals surface area contributed by atoms with Crippen LogP contribution >= 0.6 is 0 Å². The van der Waals surface area contributed by atoms with Crippen molar-refractivity contribution in [2.75, 3.05) is 45.9 Å². The summed E-state index contributed by atoms with van der Waals surface area (Å²) in [6.45, 7) is 8.84. The number of aryl methyl sites for hydroxylation is 2. The van der Waals surface area contributed by atoms with Crippen LogP contribution in [0.2, 0.25) is 0 Å². The number of carbonyl (C=O) groups is 1. The van der Waals surface area contributed by atoms with E-state index in [9.17, 15) is 9.90 Å². The molecule has 2 N–H and O–H groups in total. The minimum Gasteiger partial charge on any atom is -0.387 e. The molecule has 1 atom stereocenters. The van der Waals surface area contributed by atoms with Crippen LogP contribution in [0, 0.1) is 13.8 Å². The van der Waals surface area contributed by atoms with E-state index in [1.165, 1.54) is 5.56 Å². The Morgan fingerprint density at radius 3 is 2.81 bits per heavy atom. The maximum atomic E-state index is 13.0. The maximum absolute atomic E-state index is 13.0. The Bertz CT molecular complexity index is 825. The van der Waals surface area contributed by atoms with Gasteiger partial charge in [0.15, 0.2) is 0 Å². The first-order valence-corrected chi connectivity index (χ1v) is 9.36. The van der Waals surface area contributed by atoms with E-state index in [-0.39, 0.29) is 5.91 Å². The van der Waals surface area contributed by atoms with Gasteiger partial charge in [-0.3, -0.25) is 9.69 Å². The topological polar surface area (TPSA) is 68.8 Å². The number of hydrogen-bond donors (Lipinski definition) is 2. The third-order valence-corrected chi connectivity index (χ3v) is 5.80. The number of benzene rings is 1. The van der Waals surface area contributed by atoms with Gasteiger partial charge in [0.25, 0.3) is 5.91 Å². The summed E-state index contributed by atoms with van der Waals surface area (Å²) >= 11 is 0. The molecule has 0 spiro atoms. The molecule has 2 saturated heterocycles. The molecule has 1 amide bonds. The summed E-state index contributed by atoms with van der Waals surface area (Å²) in [6, 6.07) is 5.81. The highest BCUT2D eigenvalue weighted by Gasteiger charge is 2.39. The van der Waals surface area contributed by atoms with E-state index in [0.717, 1.165) is 29.7 Å². The molecular weight excluding hydrogens is 330 g/mol. The van der Waals surface area contributed by atoms with Crippen LogP contribution in [0.15, 0.2) is 18.2 Å². The summed E-state index contributed by atoms with van der Waals surface area (Å²) in [6.07, 6.45) is 0.626. The molecule has 6 nitrogen and oxygen atoms in total. The van der Waals surface area contributed by atoms with E-state index >= 15 is 0 Å². The van der Waals surface area contributed by atoms with Crippen LogP contribution < -0.4 is 0 Å². The van der Waals surface area contributed by atoms with Gasteiger partial charge >= 0.3 is 0 Å². The first-order valence-electron chi connectivity index (χ1n) is 9.36. The lowest BCUT2D eigenvalue weighted by Gasteiger charge is -2.33. The fourth-order valence-corrected chi connectivity index (χ4v) is 4.11. The Hall–Kier alpha value is -1.89. The Morgan fingerprint density at radius 2 is 2.04 bits per heavy atom. The molecule has 2 aliphatic heterocycles. The molecular formula is C20H27N3O3. The molecule has 0 bridgehead atoms. The number of fused-ring (bicyclic) bond motifs is 1. The van der Waals surface area contributed by atoms with E-state index < -0.39 is 5.60 Å². The van der Waals surface area contributed by atoms with Crippen LogP contribution in [-0.2, 0) is 4.74 Å². The average Bonchev–Trinajstić information content (AvgIpc) is 3.15. The molecule has 1 aromatic carbocycles. The number of likely N-dealkylation sites (tertiary alicyclic amines) is 1. The molecule has 140 valence electrons. The van der Waals surface area contributed by atoms with Crippen molar-refractivity contribution in [3.05, 3.63) is 35.0 Å². The van der Waals surface area contributed by atoms with Crippen LogP contribution in [0.4, 0.5) is 0 Å². The van der Waals surface area contributed by atoms with E-state index in [4.69, 9.17) is 4.74 Å². The number of aliphatic hydroxyl groups is 1. The lowest BCUT2D eigenvalue weighted by molar-refractivity contribution is -0.0257. The number of rotatable bonds is 3. The fraction of sp³-hybridized carbons (Fsp3) is 0.550. The molecule has 6 heteroatoms. The minimum absolute atomic E-state index is 0.00283. The minimum atomic E-state index is -0.822. The van der Waals surface area contributed by atoms with Gasteiger partial charge in [0, 0.05) is 48.3 Å². The molecule has 0 radical (unpaired) electrons. The Kier molecular flexibility index (Phi) is 4.50. The van der Waals surface area contributed by atoms with Gasteiger partial charge in [-0.1, -0.05) is 0 Å². The number of aromatic nitrogens is 1. The maximum Gasteiger partial charge on any atom is 0.253 e. The average molecular weight is 357 g/mol. The zero-order valence-corrected chi connectivity index (χ0v) is 15.5. The zero-order valence-electron chi connectivity index (χ0n) is 15.5. The standard InChI is InChI=1S/C20H27N3O3/c1-14-15(2)21-18-4-3-16(11-17(14)18)19(24)23-6-5-20(25,13-23)12-22-7-9-26-10-8-22/h3-4,11,21,25H,5-10,12-13H2,1-2H3/t20-/m1/s1. The quantitative estimate of drug-likeness (QED) is 0.877. The van der Waals surface area contributed by atoms with Crippen molar-refractivity contribution >= 4 is 16.8 Å². The van der Waals surface area contributed by atoms with Crippen LogP contribution in [0.5, 0.6) is 0 Å². The summed E-state index contributed by atoms with van der Waals surface area (Å²) in [5.41, 5.74) is 3.24. The summed E-state index contributed by atoms with van der Waals surface area (Å²) in [4.78, 5) is 20.3. The summed E-state index contributed by atoms with van der Waals surface area (Å²) in [7, 11) is 0. The lowest BCUT2D eigenvalue weighted by Crippen LogP contribution is -2.49. The molecule has 1 aromatic heterocycles. The summed E-state index contributed by atoms with van der Waals surface area (Å²) in [5, 5.41) is 12.0. The van der Waals surface area contributed by atoms with E-state index in [1.807, 2.05) is 25.1 Å². The largest absolute Gasteiger partial charge is 0.387 e. The van der Waals surface area contributed by atoms with Gasteiger partial charge in [-0.05, 0) is 44.0 Å². The number of morpholine rings is 1. The number of ether oxygens (including phenoxy) is 1. The first-order chi connectivity index (χ1) is 12.5. The molecule has 2 aromatic rings. The van der Waals surface area contributed by atoms with Gasteiger partial charge in [-0.2, -0.15) is 0 Å². The van der Waals surface area contributed by atoms with E-state index in [2.05, 4.69) is 16.8 Å². The highest BCUT2D eigenvalue weighted by atomic mass is 16.5. The van der Waals surface area contributed by atoms with Gasteiger partial charge < -0.3 is 19.7 Å². The Morgan fingerprint density at radius 1 is 1.27 bits per heavy atom. The molecule has 26 heavy (non-hydrogen) atoms. The molecule has 0 saturated carbocycles. The van der Waals surface area contributed by atoms with E-state index in [0.29, 0.717) is 44.8 Å². The van der Waals surface area contributed by atoms with Gasteiger partial charge in [0.2, 0.25) is 0 Å². The van der Waals surface area contributed by atoms with Crippen molar-refractivity contribution in [1.29, 1.82) is 0 Å². The number of aromatic amines is 1. The van der Waals surface area contributed by atoms with Gasteiger partial charge in [-0.25, -0.2) is 0 Å². The smallest absolute Gasteiger partial charge is 0.253 e. The monoisotopic (exact) mass is 357 g/mol. The predicted octanol–water partition coefficient (Wildman–Crippen LogP) is 1.69. The number of nitrogens with one attached hydrogen (secondary N) is 1. The van der Waals surface area contributed by atoms with Crippen molar-refractivity contribution in [2.45, 2.75) is 25.9 Å². The predicted molar refractivity (Wildman–Crippen MR) is 101 cm³/mol. The van der Waals surface area contributed by atoms with Crippen LogP contribution in [0.25, 0.3) is 10.9 Å². The molecule has 0 aliphatic carbocycles. The normalized spacial score (nSPS) is 24.5. The first kappa shape index (κ1) is 17.5. The van der Waals surface area contributed by atoms with Crippen molar-refractivity contribution in [2.24, 2.45) is 0 Å². The van der Waals surface area contributed by atoms with Crippen LogP contribution in [0.1, 0.15) is 28.0 Å². The summed E-state index contributed by atoms with van der Waals surface area (Å²) < 4.78 is 5.37. The van der Waals surface area contributed by atoms with Crippen LogP contribution in [-0.4, -0.2) is 77.3 Å². The second-order valence-corrected chi connectivity index (χ2v) is 7.72. The SMILES string of the molecule is Cc1[nH]c2ccc(C(=O)N3CC[C@@](O)(CN4CCOCC4)C3)cc2c1C. The van der Waals surface area contributed by atoms with Gasteiger partial charge in [0.1, 0.15) is 0 Å². The number of β-amino-alcohol motifs (C(OH)–C–C–N with tert-alkyl or cyclic N) is 1. The van der Waals surface area contributed by atoms with Crippen molar-refractivity contribution in [3.8, 4) is 0 Å². The van der Waals surface area contributed by atoms with Crippen molar-refractivity contribution in [1.82, 2.24) is 14.8 Å². The molecule has 0 unspecified atom stereocenters. The Labute approximate surface area is 153 Å². The second-order valence-electron chi connectivity index (χ2n) is 7.72. The number of hydrogen-bond acceptors (Lipinski definition) is 4. The van der Waals surface area contributed by atoms with Gasteiger partial charge in [-0.15, -0.1) is 0 Å². The summed E-state index contributed by atoms with van der Waals surface area (Å²) in [5.74, 6) is 0.00283. The molecule has 2 fully saturated rings. The molecule has 3 heterocycles. The third-order valence-electron chi connectivity index (χ3n) is 5.80.